The van der Waals surface area contributed by atoms with Gasteiger partial charge >= 0.3 is 0 Å². The predicted octanol–water partition coefficient (Wildman–Crippen LogP) is 4.44. The standard InChI is InChI=1S/C23H31NO5/c1-7-24(8-2)15-18-17(11-12-19(26-3)22(18)25)10-9-16-13-20(27-4)23(29-6)21(14-16)28-5/h9-14,25H,7-8,15H2,1-6H3. The minimum atomic E-state index is 0.173. The van der Waals surface area contributed by atoms with E-state index < -0.39 is 0 Å². The van der Waals surface area contributed by atoms with Crippen LogP contribution in [0.5, 0.6) is 28.7 Å². The van der Waals surface area contributed by atoms with Crippen molar-refractivity contribution < 1.29 is 24.1 Å². The summed E-state index contributed by atoms with van der Waals surface area (Å²) in [5.41, 5.74) is 2.64. The molecular weight excluding hydrogens is 370 g/mol. The molecule has 158 valence electrons. The monoisotopic (exact) mass is 401 g/mol. The molecule has 29 heavy (non-hydrogen) atoms. The minimum Gasteiger partial charge on any atom is -0.504 e. The predicted molar refractivity (Wildman–Crippen MR) is 116 cm³/mol. The first kappa shape index (κ1) is 22.4. The van der Waals surface area contributed by atoms with Crippen LogP contribution >= 0.6 is 0 Å². The van der Waals surface area contributed by atoms with Gasteiger partial charge in [0.2, 0.25) is 5.75 Å². The Labute approximate surface area is 173 Å². The van der Waals surface area contributed by atoms with Crippen LogP contribution in [-0.4, -0.2) is 51.5 Å². The molecular formula is C23H31NO5. The molecule has 0 aromatic heterocycles. The molecule has 0 aliphatic rings. The molecule has 0 atom stereocenters. The third kappa shape index (κ3) is 5.15. The molecule has 0 fully saturated rings. The Morgan fingerprint density at radius 1 is 0.828 bits per heavy atom. The summed E-state index contributed by atoms with van der Waals surface area (Å²) >= 11 is 0. The number of methoxy groups -OCH3 is 4. The van der Waals surface area contributed by atoms with Crippen molar-refractivity contribution in [3.8, 4) is 28.7 Å². The molecule has 0 aliphatic heterocycles. The van der Waals surface area contributed by atoms with Crippen LogP contribution < -0.4 is 18.9 Å². The van der Waals surface area contributed by atoms with Crippen LogP contribution in [0.15, 0.2) is 24.3 Å². The zero-order chi connectivity index (χ0) is 21.4. The molecule has 2 aromatic carbocycles. The lowest BCUT2D eigenvalue weighted by molar-refractivity contribution is 0.287. The van der Waals surface area contributed by atoms with Crippen molar-refractivity contribution in [2.75, 3.05) is 41.5 Å². The second-order valence-corrected chi connectivity index (χ2v) is 6.44. The maximum absolute atomic E-state index is 10.7. The molecule has 0 spiro atoms. The van der Waals surface area contributed by atoms with Crippen molar-refractivity contribution >= 4 is 12.2 Å². The highest BCUT2D eigenvalue weighted by molar-refractivity contribution is 5.75. The van der Waals surface area contributed by atoms with Gasteiger partial charge in [0.1, 0.15) is 0 Å². The molecule has 6 nitrogen and oxygen atoms in total. The van der Waals surface area contributed by atoms with E-state index in [1.54, 1.807) is 34.5 Å². The SMILES string of the molecule is CCN(CC)Cc1c(C=Cc2cc(OC)c(OC)c(OC)c2)ccc(OC)c1O. The molecule has 0 aliphatic carbocycles. The Kier molecular flexibility index (Phi) is 8.21. The number of phenols is 1. The van der Waals surface area contributed by atoms with E-state index in [1.807, 2.05) is 30.4 Å². The maximum atomic E-state index is 10.7. The Hall–Kier alpha value is -2.86. The van der Waals surface area contributed by atoms with Gasteiger partial charge in [-0.25, -0.2) is 0 Å². The molecule has 0 unspecified atom stereocenters. The second-order valence-electron chi connectivity index (χ2n) is 6.44. The van der Waals surface area contributed by atoms with E-state index in [1.165, 1.54) is 0 Å². The number of hydrogen-bond acceptors (Lipinski definition) is 6. The Morgan fingerprint density at radius 2 is 1.41 bits per heavy atom. The summed E-state index contributed by atoms with van der Waals surface area (Å²) < 4.78 is 21.5. The van der Waals surface area contributed by atoms with Crippen molar-refractivity contribution in [2.24, 2.45) is 0 Å². The number of rotatable bonds is 10. The second kappa shape index (κ2) is 10.6. The highest BCUT2D eigenvalue weighted by Crippen LogP contribution is 2.39. The van der Waals surface area contributed by atoms with Crippen molar-refractivity contribution in [1.82, 2.24) is 4.90 Å². The molecule has 0 saturated carbocycles. The summed E-state index contributed by atoms with van der Waals surface area (Å²) in [7, 11) is 6.32. The van der Waals surface area contributed by atoms with Crippen LogP contribution in [0.25, 0.3) is 12.2 Å². The van der Waals surface area contributed by atoms with Gasteiger partial charge in [-0.15, -0.1) is 0 Å². The van der Waals surface area contributed by atoms with Gasteiger partial charge in [0, 0.05) is 12.1 Å². The zero-order valence-corrected chi connectivity index (χ0v) is 18.1. The van der Waals surface area contributed by atoms with Crippen molar-refractivity contribution in [3.63, 3.8) is 0 Å². The third-order valence-electron chi connectivity index (χ3n) is 4.92. The lowest BCUT2D eigenvalue weighted by atomic mass is 10.0. The van der Waals surface area contributed by atoms with Crippen LogP contribution in [-0.2, 0) is 6.54 Å². The highest BCUT2D eigenvalue weighted by Gasteiger charge is 2.15. The summed E-state index contributed by atoms with van der Waals surface area (Å²) in [4.78, 5) is 2.24. The largest absolute Gasteiger partial charge is 0.504 e. The van der Waals surface area contributed by atoms with E-state index in [0.29, 0.717) is 29.5 Å². The Balaban J connectivity index is 2.48. The van der Waals surface area contributed by atoms with Gasteiger partial charge in [-0.3, -0.25) is 4.90 Å². The van der Waals surface area contributed by atoms with Crippen molar-refractivity contribution in [1.29, 1.82) is 0 Å². The van der Waals surface area contributed by atoms with E-state index in [9.17, 15) is 5.11 Å². The summed E-state index contributed by atoms with van der Waals surface area (Å²) in [6.07, 6.45) is 3.93. The topological polar surface area (TPSA) is 60.4 Å². The Morgan fingerprint density at radius 3 is 1.90 bits per heavy atom. The average Bonchev–Trinajstić information content (AvgIpc) is 2.76. The molecule has 6 heteroatoms. The summed E-state index contributed by atoms with van der Waals surface area (Å²) in [5.74, 6) is 2.37. The Bertz CT molecular complexity index is 818. The normalized spacial score (nSPS) is 11.1. The number of benzene rings is 2. The number of aromatic hydroxyl groups is 1. The molecule has 0 bridgehead atoms. The van der Waals surface area contributed by atoms with Gasteiger partial charge in [0.15, 0.2) is 23.0 Å². The fourth-order valence-electron chi connectivity index (χ4n) is 3.17. The highest BCUT2D eigenvalue weighted by atomic mass is 16.5. The maximum Gasteiger partial charge on any atom is 0.203 e. The molecule has 0 radical (unpaired) electrons. The fraction of sp³-hybridized carbons (Fsp3) is 0.391. The zero-order valence-electron chi connectivity index (χ0n) is 18.1. The van der Waals surface area contributed by atoms with Gasteiger partial charge in [-0.2, -0.15) is 0 Å². The van der Waals surface area contributed by atoms with Crippen LogP contribution in [0, 0.1) is 0 Å². The summed E-state index contributed by atoms with van der Waals surface area (Å²) in [6, 6.07) is 7.48. The summed E-state index contributed by atoms with van der Waals surface area (Å²) in [6.45, 7) is 6.62. The quantitative estimate of drug-likeness (QED) is 0.594. The summed E-state index contributed by atoms with van der Waals surface area (Å²) in [5, 5.41) is 10.7. The first-order valence-electron chi connectivity index (χ1n) is 9.62. The first-order chi connectivity index (χ1) is 14.0. The number of hydrogen-bond donors (Lipinski definition) is 1. The number of phenolic OH excluding ortho intramolecular Hbond substituents is 1. The fourth-order valence-corrected chi connectivity index (χ4v) is 3.17. The van der Waals surface area contributed by atoms with Crippen LogP contribution in [0.2, 0.25) is 0 Å². The molecule has 0 saturated heterocycles. The van der Waals surface area contributed by atoms with Gasteiger partial charge < -0.3 is 24.1 Å². The van der Waals surface area contributed by atoms with E-state index in [0.717, 1.165) is 29.8 Å². The third-order valence-corrected chi connectivity index (χ3v) is 4.92. The lowest BCUT2D eigenvalue weighted by Gasteiger charge is -2.21. The van der Waals surface area contributed by atoms with Gasteiger partial charge in [-0.1, -0.05) is 32.1 Å². The molecule has 0 amide bonds. The van der Waals surface area contributed by atoms with Crippen LogP contribution in [0.3, 0.4) is 0 Å². The van der Waals surface area contributed by atoms with E-state index in [-0.39, 0.29) is 5.75 Å². The van der Waals surface area contributed by atoms with Gasteiger partial charge in [0.25, 0.3) is 0 Å². The van der Waals surface area contributed by atoms with Crippen LogP contribution in [0.1, 0.15) is 30.5 Å². The van der Waals surface area contributed by atoms with Gasteiger partial charge in [0.05, 0.1) is 28.4 Å². The van der Waals surface area contributed by atoms with E-state index in [2.05, 4.69) is 18.7 Å². The van der Waals surface area contributed by atoms with E-state index >= 15 is 0 Å². The van der Waals surface area contributed by atoms with Crippen LogP contribution in [0.4, 0.5) is 0 Å². The lowest BCUT2D eigenvalue weighted by Crippen LogP contribution is -2.22. The molecule has 1 N–H and O–H groups in total. The first-order valence-corrected chi connectivity index (χ1v) is 9.62. The number of ether oxygens (including phenoxy) is 4. The molecule has 2 rings (SSSR count). The molecule has 2 aromatic rings. The van der Waals surface area contributed by atoms with E-state index in [4.69, 9.17) is 18.9 Å². The smallest absolute Gasteiger partial charge is 0.203 e. The minimum absolute atomic E-state index is 0.173. The average molecular weight is 402 g/mol. The molecule has 0 heterocycles. The van der Waals surface area contributed by atoms with Crippen molar-refractivity contribution in [3.05, 3.63) is 41.0 Å². The van der Waals surface area contributed by atoms with Crippen molar-refractivity contribution in [2.45, 2.75) is 20.4 Å². The number of nitrogens with zero attached hydrogens (tertiary/aromatic N) is 1. The van der Waals surface area contributed by atoms with Gasteiger partial charge in [-0.05, 0) is 42.4 Å².